The van der Waals surface area contributed by atoms with Crippen molar-refractivity contribution in [3.63, 3.8) is 0 Å². The topological polar surface area (TPSA) is 53.6 Å². The molecule has 0 aliphatic carbocycles. The number of carbonyl (C=O) groups excluding carboxylic acids is 1. The average molecular weight is 297 g/mol. The van der Waals surface area contributed by atoms with Gasteiger partial charge in [0.15, 0.2) is 0 Å². The molecule has 2 unspecified atom stereocenters. The number of likely N-dealkylation sites (tertiary alicyclic amines) is 1. The summed E-state index contributed by atoms with van der Waals surface area (Å²) in [6, 6.07) is 0. The van der Waals surface area contributed by atoms with Crippen LogP contribution in [0.5, 0.6) is 0 Å². The van der Waals surface area contributed by atoms with Crippen molar-refractivity contribution in [1.82, 2.24) is 15.5 Å². The Kier molecular flexibility index (Phi) is 6.02. The Balaban J connectivity index is 1.81. The molecule has 2 N–H and O–H groups in total. The van der Waals surface area contributed by atoms with Gasteiger partial charge in [0.05, 0.1) is 6.61 Å². The minimum Gasteiger partial charge on any atom is -0.366 e. The standard InChI is InChI=1S/C16H31N3O2/c1-4-13-6-5-8-19(11-13)16(2,3)12-18-15(20)14-10-17-7-9-21-14/h13-14,17H,4-12H2,1-3H3,(H,18,20). The monoisotopic (exact) mass is 297 g/mol. The summed E-state index contributed by atoms with van der Waals surface area (Å²) in [4.78, 5) is 14.7. The van der Waals surface area contributed by atoms with Crippen molar-refractivity contribution in [2.45, 2.75) is 51.7 Å². The van der Waals surface area contributed by atoms with Crippen molar-refractivity contribution < 1.29 is 9.53 Å². The van der Waals surface area contributed by atoms with Gasteiger partial charge in [0.1, 0.15) is 6.10 Å². The van der Waals surface area contributed by atoms with Crippen LogP contribution < -0.4 is 10.6 Å². The Labute approximate surface area is 128 Å². The van der Waals surface area contributed by atoms with Crippen LogP contribution in [0.1, 0.15) is 40.0 Å². The van der Waals surface area contributed by atoms with Crippen LogP contribution in [0.4, 0.5) is 0 Å². The largest absolute Gasteiger partial charge is 0.366 e. The first-order valence-electron chi connectivity index (χ1n) is 8.38. The zero-order valence-corrected chi connectivity index (χ0v) is 13.8. The molecular formula is C16H31N3O2. The molecule has 0 radical (unpaired) electrons. The van der Waals surface area contributed by atoms with Gasteiger partial charge in [-0.25, -0.2) is 0 Å². The predicted molar refractivity (Wildman–Crippen MR) is 84.3 cm³/mol. The molecule has 1 amide bonds. The molecule has 2 aliphatic heterocycles. The van der Waals surface area contributed by atoms with E-state index in [1.54, 1.807) is 0 Å². The first-order chi connectivity index (χ1) is 10.0. The number of hydrogen-bond donors (Lipinski definition) is 2. The minimum absolute atomic E-state index is 0.00555. The molecule has 5 nitrogen and oxygen atoms in total. The summed E-state index contributed by atoms with van der Waals surface area (Å²) in [6.45, 7) is 11.8. The summed E-state index contributed by atoms with van der Waals surface area (Å²) >= 11 is 0. The molecule has 122 valence electrons. The van der Waals surface area contributed by atoms with E-state index in [4.69, 9.17) is 4.74 Å². The van der Waals surface area contributed by atoms with Crippen molar-refractivity contribution in [2.75, 3.05) is 39.3 Å². The van der Waals surface area contributed by atoms with Crippen LogP contribution >= 0.6 is 0 Å². The first-order valence-corrected chi connectivity index (χ1v) is 8.38. The number of morpholine rings is 1. The first kappa shape index (κ1) is 16.7. The van der Waals surface area contributed by atoms with Crippen molar-refractivity contribution >= 4 is 5.91 Å². The Hall–Kier alpha value is -0.650. The Morgan fingerprint density at radius 1 is 1.48 bits per heavy atom. The highest BCUT2D eigenvalue weighted by Gasteiger charge is 2.32. The number of piperidine rings is 1. The average Bonchev–Trinajstić information content (AvgIpc) is 2.53. The lowest BCUT2D eigenvalue weighted by molar-refractivity contribution is -0.134. The number of ether oxygens (including phenoxy) is 1. The summed E-state index contributed by atoms with van der Waals surface area (Å²) in [7, 11) is 0. The Morgan fingerprint density at radius 2 is 2.29 bits per heavy atom. The van der Waals surface area contributed by atoms with E-state index in [0.717, 1.165) is 25.6 Å². The molecule has 2 saturated heterocycles. The van der Waals surface area contributed by atoms with E-state index in [9.17, 15) is 4.79 Å². The fourth-order valence-electron chi connectivity index (χ4n) is 3.21. The smallest absolute Gasteiger partial charge is 0.250 e. The minimum atomic E-state index is -0.334. The van der Waals surface area contributed by atoms with E-state index in [0.29, 0.717) is 19.7 Å². The van der Waals surface area contributed by atoms with Gasteiger partial charge in [0.25, 0.3) is 5.91 Å². The Morgan fingerprint density at radius 3 is 2.95 bits per heavy atom. The van der Waals surface area contributed by atoms with Gasteiger partial charge in [0.2, 0.25) is 0 Å². The van der Waals surface area contributed by atoms with E-state index in [2.05, 4.69) is 36.3 Å². The number of carbonyl (C=O) groups is 1. The van der Waals surface area contributed by atoms with E-state index >= 15 is 0 Å². The fourth-order valence-corrected chi connectivity index (χ4v) is 3.21. The van der Waals surface area contributed by atoms with Crippen LogP contribution in [0.3, 0.4) is 0 Å². The van der Waals surface area contributed by atoms with Crippen LogP contribution in [0.2, 0.25) is 0 Å². The third-order valence-electron chi connectivity index (χ3n) is 4.87. The molecule has 0 aromatic carbocycles. The third-order valence-corrected chi connectivity index (χ3v) is 4.87. The molecule has 5 heteroatoms. The van der Waals surface area contributed by atoms with Crippen molar-refractivity contribution in [3.8, 4) is 0 Å². The molecule has 0 bridgehead atoms. The van der Waals surface area contributed by atoms with Crippen LogP contribution in [-0.2, 0) is 9.53 Å². The maximum Gasteiger partial charge on any atom is 0.250 e. The summed E-state index contributed by atoms with van der Waals surface area (Å²) in [5.41, 5.74) is 0.00555. The molecule has 2 fully saturated rings. The summed E-state index contributed by atoms with van der Waals surface area (Å²) in [5.74, 6) is 0.818. The van der Waals surface area contributed by atoms with Crippen LogP contribution in [-0.4, -0.2) is 61.8 Å². The molecule has 2 heterocycles. The van der Waals surface area contributed by atoms with E-state index in [-0.39, 0.29) is 17.6 Å². The molecule has 21 heavy (non-hydrogen) atoms. The third kappa shape index (κ3) is 4.66. The van der Waals surface area contributed by atoms with Gasteiger partial charge in [-0.05, 0) is 39.2 Å². The molecule has 0 saturated carbocycles. The summed E-state index contributed by atoms with van der Waals surface area (Å²) < 4.78 is 5.50. The number of nitrogens with zero attached hydrogens (tertiary/aromatic N) is 1. The van der Waals surface area contributed by atoms with Crippen molar-refractivity contribution in [1.29, 1.82) is 0 Å². The predicted octanol–water partition coefficient (Wildman–Crippen LogP) is 0.992. The number of hydrogen-bond acceptors (Lipinski definition) is 4. The van der Waals surface area contributed by atoms with Gasteiger partial charge >= 0.3 is 0 Å². The fraction of sp³-hybridized carbons (Fsp3) is 0.938. The van der Waals surface area contributed by atoms with Gasteiger partial charge < -0.3 is 15.4 Å². The van der Waals surface area contributed by atoms with Crippen LogP contribution in [0.25, 0.3) is 0 Å². The summed E-state index contributed by atoms with van der Waals surface area (Å²) in [5, 5.41) is 6.27. The van der Waals surface area contributed by atoms with E-state index < -0.39 is 0 Å². The maximum atomic E-state index is 12.2. The molecule has 0 aromatic heterocycles. The van der Waals surface area contributed by atoms with E-state index in [1.807, 2.05) is 0 Å². The zero-order chi connectivity index (χ0) is 15.3. The zero-order valence-electron chi connectivity index (χ0n) is 13.8. The molecular weight excluding hydrogens is 266 g/mol. The second kappa shape index (κ2) is 7.56. The second-order valence-corrected chi connectivity index (χ2v) is 6.96. The van der Waals surface area contributed by atoms with Crippen LogP contribution in [0.15, 0.2) is 0 Å². The molecule has 0 spiro atoms. The lowest BCUT2D eigenvalue weighted by atomic mass is 9.91. The quantitative estimate of drug-likeness (QED) is 0.795. The molecule has 2 aliphatic rings. The summed E-state index contributed by atoms with van der Waals surface area (Å²) in [6.07, 6.45) is 3.53. The highest BCUT2D eigenvalue weighted by Crippen LogP contribution is 2.25. The number of rotatable bonds is 5. The number of nitrogens with one attached hydrogen (secondary N) is 2. The van der Waals surface area contributed by atoms with Gasteiger partial charge in [-0.15, -0.1) is 0 Å². The van der Waals surface area contributed by atoms with Crippen molar-refractivity contribution in [3.05, 3.63) is 0 Å². The van der Waals surface area contributed by atoms with Crippen molar-refractivity contribution in [2.24, 2.45) is 5.92 Å². The maximum absolute atomic E-state index is 12.2. The van der Waals surface area contributed by atoms with Gasteiger partial charge in [-0.2, -0.15) is 0 Å². The highest BCUT2D eigenvalue weighted by molar-refractivity contribution is 5.81. The normalized spacial score (nSPS) is 28.3. The van der Waals surface area contributed by atoms with Gasteiger partial charge in [-0.1, -0.05) is 13.3 Å². The second-order valence-electron chi connectivity index (χ2n) is 6.96. The molecule has 2 atom stereocenters. The lowest BCUT2D eigenvalue weighted by Crippen LogP contribution is -2.57. The lowest BCUT2D eigenvalue weighted by Gasteiger charge is -2.43. The van der Waals surface area contributed by atoms with Crippen LogP contribution in [0, 0.1) is 5.92 Å². The van der Waals surface area contributed by atoms with Gasteiger partial charge in [-0.3, -0.25) is 9.69 Å². The Bertz CT molecular complexity index is 340. The van der Waals surface area contributed by atoms with E-state index in [1.165, 1.54) is 19.3 Å². The number of amides is 1. The SMILES string of the molecule is CCC1CCCN(C(C)(C)CNC(=O)C2CNCCO2)C1. The molecule has 0 aromatic rings. The highest BCUT2D eigenvalue weighted by atomic mass is 16.5. The van der Waals surface area contributed by atoms with Gasteiger partial charge in [0, 0.05) is 31.7 Å². The molecule has 2 rings (SSSR count).